The molecule has 0 fully saturated rings. The van der Waals surface area contributed by atoms with Crippen LogP contribution in [-0.2, 0) is 6.54 Å². The van der Waals surface area contributed by atoms with E-state index in [9.17, 15) is 9.59 Å². The second kappa shape index (κ2) is 11.6. The average molecular weight is 438 g/mol. The smallest absolute Gasteiger partial charge is 0.267 e. The summed E-state index contributed by atoms with van der Waals surface area (Å²) in [7, 11) is 0. The van der Waals surface area contributed by atoms with Crippen molar-refractivity contribution in [1.29, 1.82) is 5.41 Å². The van der Waals surface area contributed by atoms with Gasteiger partial charge in [0, 0.05) is 19.3 Å². The van der Waals surface area contributed by atoms with Crippen LogP contribution in [0.3, 0.4) is 0 Å². The molecule has 0 spiro atoms. The lowest BCUT2D eigenvalue weighted by atomic mass is 10.1. The van der Waals surface area contributed by atoms with Gasteiger partial charge in [-0.2, -0.15) is 0 Å². The summed E-state index contributed by atoms with van der Waals surface area (Å²) in [5, 5.41) is 12.0. The van der Waals surface area contributed by atoms with Crippen molar-refractivity contribution < 1.29 is 4.79 Å². The maximum Gasteiger partial charge on any atom is 0.267 e. The van der Waals surface area contributed by atoms with Gasteiger partial charge in [0.25, 0.3) is 11.5 Å². The first-order valence-electron chi connectivity index (χ1n) is 12.0. The number of amides is 1. The molecule has 0 aliphatic heterocycles. The highest BCUT2D eigenvalue weighted by Crippen LogP contribution is 2.12. The fourth-order valence-corrected chi connectivity index (χ4v) is 4.00. The number of aryl methyl sites for hydroxylation is 1. The fraction of sp³-hybridized carbons (Fsp3) is 0.520. The van der Waals surface area contributed by atoms with Crippen LogP contribution in [0.15, 0.2) is 35.3 Å². The third-order valence-electron chi connectivity index (χ3n) is 5.86. The van der Waals surface area contributed by atoms with Gasteiger partial charge in [0.15, 0.2) is 0 Å². The van der Waals surface area contributed by atoms with Crippen LogP contribution in [0.1, 0.15) is 82.0 Å². The molecule has 3 aromatic heterocycles. The molecule has 32 heavy (non-hydrogen) atoms. The zero-order valence-corrected chi connectivity index (χ0v) is 19.3. The molecule has 0 bridgehead atoms. The van der Waals surface area contributed by atoms with Crippen molar-refractivity contribution in [2.75, 3.05) is 6.54 Å². The Balaban J connectivity index is 1.92. The van der Waals surface area contributed by atoms with Gasteiger partial charge in [0.2, 0.25) is 0 Å². The van der Waals surface area contributed by atoms with Gasteiger partial charge in [0.1, 0.15) is 16.8 Å². The molecule has 0 aliphatic carbocycles. The Labute approximate surface area is 189 Å². The molecule has 3 aromatic rings. The Morgan fingerprint density at radius 3 is 2.53 bits per heavy atom. The van der Waals surface area contributed by atoms with E-state index < -0.39 is 0 Å². The summed E-state index contributed by atoms with van der Waals surface area (Å²) in [5.74, 6) is -0.299. The molecule has 7 nitrogen and oxygen atoms in total. The minimum atomic E-state index is -0.299. The molecule has 2 N–H and O–H groups in total. The predicted octanol–water partition coefficient (Wildman–Crippen LogP) is 4.41. The van der Waals surface area contributed by atoms with Gasteiger partial charge in [-0.1, -0.05) is 64.9 Å². The van der Waals surface area contributed by atoms with Crippen LogP contribution in [0, 0.1) is 5.41 Å². The molecule has 0 aromatic carbocycles. The number of nitrogens with one attached hydrogen (secondary N) is 2. The summed E-state index contributed by atoms with van der Waals surface area (Å²) in [6.07, 6.45) is 11.5. The van der Waals surface area contributed by atoms with Gasteiger partial charge < -0.3 is 9.88 Å². The fourth-order valence-electron chi connectivity index (χ4n) is 4.00. The lowest BCUT2D eigenvalue weighted by Crippen LogP contribution is -2.35. The Morgan fingerprint density at radius 2 is 1.75 bits per heavy atom. The molecule has 0 saturated carbocycles. The van der Waals surface area contributed by atoms with Crippen molar-refractivity contribution in [1.82, 2.24) is 19.3 Å². The summed E-state index contributed by atoms with van der Waals surface area (Å²) in [5.41, 5.74) is 1.12. The number of hydrogen-bond acceptors (Lipinski definition) is 4. The van der Waals surface area contributed by atoms with E-state index in [1.807, 2.05) is 6.07 Å². The molecule has 3 heterocycles. The number of hydrogen-bond donors (Lipinski definition) is 2. The first-order chi connectivity index (χ1) is 15.6. The molecule has 0 radical (unpaired) electrons. The van der Waals surface area contributed by atoms with Crippen molar-refractivity contribution in [2.45, 2.75) is 78.2 Å². The second-order valence-electron chi connectivity index (χ2n) is 8.37. The van der Waals surface area contributed by atoms with Gasteiger partial charge in [0.05, 0.1) is 10.9 Å². The zero-order chi connectivity index (χ0) is 22.9. The number of aromatic nitrogens is 3. The van der Waals surface area contributed by atoms with Crippen molar-refractivity contribution in [3.05, 3.63) is 51.9 Å². The Kier molecular flexibility index (Phi) is 8.59. The third kappa shape index (κ3) is 5.44. The topological polar surface area (TPSA) is 92.2 Å². The lowest BCUT2D eigenvalue weighted by Gasteiger charge is -2.14. The van der Waals surface area contributed by atoms with Crippen molar-refractivity contribution in [3.63, 3.8) is 0 Å². The van der Waals surface area contributed by atoms with E-state index in [0.29, 0.717) is 29.8 Å². The molecule has 3 rings (SSSR count). The highest BCUT2D eigenvalue weighted by Gasteiger charge is 2.17. The number of carbonyl (C=O) groups excluding carboxylic acids is 1. The van der Waals surface area contributed by atoms with Gasteiger partial charge in [-0.05, 0) is 31.0 Å². The van der Waals surface area contributed by atoms with Crippen LogP contribution in [0.4, 0.5) is 0 Å². The van der Waals surface area contributed by atoms with E-state index in [0.717, 1.165) is 32.1 Å². The summed E-state index contributed by atoms with van der Waals surface area (Å²) in [4.78, 5) is 30.7. The van der Waals surface area contributed by atoms with E-state index in [2.05, 4.69) is 24.1 Å². The normalized spacial score (nSPS) is 11.3. The molecular weight excluding hydrogens is 402 g/mol. The molecule has 0 atom stereocenters. The maximum absolute atomic E-state index is 13.2. The number of unbranched alkanes of at least 4 members (excludes halogenated alkanes) is 7. The Hall–Kier alpha value is -2.96. The van der Waals surface area contributed by atoms with Crippen LogP contribution >= 0.6 is 0 Å². The summed E-state index contributed by atoms with van der Waals surface area (Å²) < 4.78 is 3.21. The van der Waals surface area contributed by atoms with E-state index >= 15 is 0 Å². The molecule has 7 heteroatoms. The molecular formula is C25H35N5O2. The van der Waals surface area contributed by atoms with Crippen LogP contribution in [0.25, 0.3) is 16.7 Å². The van der Waals surface area contributed by atoms with Gasteiger partial charge >= 0.3 is 0 Å². The highest BCUT2D eigenvalue weighted by molar-refractivity contribution is 5.96. The summed E-state index contributed by atoms with van der Waals surface area (Å²) in [6.45, 7) is 5.44. The number of nitrogens with zero attached hydrogens (tertiary/aromatic N) is 3. The minimum absolute atomic E-state index is 0.112. The Bertz CT molecular complexity index is 1180. The van der Waals surface area contributed by atoms with Crippen LogP contribution in [-0.4, -0.2) is 26.4 Å². The van der Waals surface area contributed by atoms with Crippen molar-refractivity contribution in [2.24, 2.45) is 0 Å². The van der Waals surface area contributed by atoms with E-state index in [-0.39, 0.29) is 22.5 Å². The predicted molar refractivity (Wildman–Crippen MR) is 128 cm³/mol. The number of fused-ring (bicyclic) bond motifs is 2. The van der Waals surface area contributed by atoms with E-state index in [1.165, 1.54) is 30.1 Å². The highest BCUT2D eigenvalue weighted by atomic mass is 16.1. The largest absolute Gasteiger partial charge is 0.352 e. The van der Waals surface area contributed by atoms with Crippen LogP contribution in [0.5, 0.6) is 0 Å². The molecule has 1 amide bonds. The van der Waals surface area contributed by atoms with E-state index in [1.54, 1.807) is 29.0 Å². The summed E-state index contributed by atoms with van der Waals surface area (Å²) >= 11 is 0. The quantitative estimate of drug-likeness (QED) is 0.325. The van der Waals surface area contributed by atoms with Crippen molar-refractivity contribution in [3.8, 4) is 0 Å². The monoisotopic (exact) mass is 437 g/mol. The van der Waals surface area contributed by atoms with Gasteiger partial charge in [-0.3, -0.25) is 19.4 Å². The molecule has 0 unspecified atom stereocenters. The van der Waals surface area contributed by atoms with Crippen LogP contribution in [0.2, 0.25) is 0 Å². The van der Waals surface area contributed by atoms with Gasteiger partial charge in [-0.15, -0.1) is 0 Å². The van der Waals surface area contributed by atoms with E-state index in [4.69, 9.17) is 5.41 Å². The standard InChI is InChI=1S/C25H35N5O2/c1-3-5-7-8-9-11-15-27-24(31)19-18-20-23(30(22(19)26)17-12-6-4-2)28-21-14-10-13-16-29(21)25(20)32/h10,13-14,16,18,26H,3-9,11-12,15,17H2,1-2H3,(H,27,31). The first kappa shape index (κ1) is 23.7. The third-order valence-corrected chi connectivity index (χ3v) is 5.86. The molecule has 0 aliphatic rings. The van der Waals surface area contributed by atoms with Crippen molar-refractivity contribution >= 4 is 22.6 Å². The SMILES string of the molecule is CCCCCCCCNC(=O)c1cc2c(=O)n3ccccc3nc2n(CCCCC)c1=N. The zero-order valence-electron chi connectivity index (χ0n) is 19.3. The minimum Gasteiger partial charge on any atom is -0.352 e. The second-order valence-corrected chi connectivity index (χ2v) is 8.37. The number of rotatable bonds is 12. The first-order valence-corrected chi connectivity index (χ1v) is 12.0. The Morgan fingerprint density at radius 1 is 1.03 bits per heavy atom. The average Bonchev–Trinajstić information content (AvgIpc) is 2.80. The van der Waals surface area contributed by atoms with Gasteiger partial charge in [-0.25, -0.2) is 4.98 Å². The maximum atomic E-state index is 13.2. The van der Waals surface area contributed by atoms with Crippen LogP contribution < -0.4 is 16.4 Å². The lowest BCUT2D eigenvalue weighted by molar-refractivity contribution is 0.0950. The number of carbonyl (C=O) groups is 1. The number of pyridine rings is 2. The molecule has 0 saturated heterocycles. The summed E-state index contributed by atoms with van der Waals surface area (Å²) in [6, 6.07) is 6.94. The molecule has 172 valence electrons.